The predicted molar refractivity (Wildman–Crippen MR) is 88.1 cm³/mol. The molecule has 1 aromatic rings. The average Bonchev–Trinajstić information content (AvgIpc) is 2.32. The van der Waals surface area contributed by atoms with Crippen LogP contribution in [0.3, 0.4) is 0 Å². The third-order valence-electron chi connectivity index (χ3n) is 2.49. The van der Waals surface area contributed by atoms with Crippen LogP contribution in [0.1, 0.15) is 29.6 Å². The summed E-state index contributed by atoms with van der Waals surface area (Å²) in [6.07, 6.45) is 5.53. The van der Waals surface area contributed by atoms with Crippen molar-refractivity contribution in [3.63, 3.8) is 0 Å². The van der Waals surface area contributed by atoms with Gasteiger partial charge >= 0.3 is 0 Å². The first-order valence-electron chi connectivity index (χ1n) is 5.96. The Morgan fingerprint density at radius 3 is 2.78 bits per heavy atom. The molecular weight excluding hydrogens is 359 g/mol. The maximum Gasteiger partial charge on any atom is 0.251 e. The van der Waals surface area contributed by atoms with Crippen LogP contribution < -0.4 is 11.1 Å². The number of hydrogen-bond donors (Lipinski definition) is 2. The van der Waals surface area contributed by atoms with Crippen LogP contribution in [0, 0.1) is 3.57 Å². The van der Waals surface area contributed by atoms with Gasteiger partial charge in [0.05, 0.1) is 0 Å². The van der Waals surface area contributed by atoms with E-state index in [0.29, 0.717) is 11.3 Å². The molecule has 1 amide bonds. The molecule has 0 saturated carbocycles. The highest BCUT2D eigenvalue weighted by Gasteiger charge is 2.06. The fraction of sp³-hybridized carbons (Fsp3) is 0.462. The highest BCUT2D eigenvalue weighted by molar-refractivity contribution is 14.1. The lowest BCUT2D eigenvalue weighted by Gasteiger charge is -2.06. The lowest BCUT2D eigenvalue weighted by molar-refractivity contribution is 0.0953. The molecule has 0 radical (unpaired) electrons. The molecule has 0 aliphatic rings. The standard InChI is InChI=1S/C13H19IN2OS/c1-18-6-4-2-3-5-16-13(17)10-7-11(14)9-12(15)8-10/h7-9H,2-6,15H2,1H3,(H,16,17). The molecule has 0 saturated heterocycles. The molecule has 3 nitrogen and oxygen atoms in total. The van der Waals surface area contributed by atoms with Crippen molar-refractivity contribution in [2.75, 3.05) is 24.3 Å². The monoisotopic (exact) mass is 378 g/mol. The van der Waals surface area contributed by atoms with Crippen LogP contribution in [0.2, 0.25) is 0 Å². The highest BCUT2D eigenvalue weighted by Crippen LogP contribution is 2.13. The van der Waals surface area contributed by atoms with Crippen molar-refractivity contribution < 1.29 is 4.79 Å². The van der Waals surface area contributed by atoms with E-state index in [1.165, 1.54) is 12.2 Å². The Morgan fingerprint density at radius 2 is 2.11 bits per heavy atom. The van der Waals surface area contributed by atoms with Crippen LogP contribution in [0.4, 0.5) is 5.69 Å². The second kappa shape index (κ2) is 8.63. The Labute approximate surface area is 126 Å². The van der Waals surface area contributed by atoms with Crippen molar-refractivity contribution in [1.82, 2.24) is 5.32 Å². The molecule has 0 aliphatic carbocycles. The normalized spacial score (nSPS) is 10.3. The number of carbonyl (C=O) groups is 1. The number of benzene rings is 1. The van der Waals surface area contributed by atoms with Gasteiger partial charge in [0.25, 0.3) is 5.91 Å². The van der Waals surface area contributed by atoms with Crippen molar-refractivity contribution in [2.24, 2.45) is 0 Å². The van der Waals surface area contributed by atoms with E-state index in [4.69, 9.17) is 5.73 Å². The number of hydrogen-bond acceptors (Lipinski definition) is 3. The largest absolute Gasteiger partial charge is 0.399 e. The Hall–Kier alpha value is -0.430. The first-order chi connectivity index (χ1) is 8.63. The first kappa shape index (κ1) is 15.6. The van der Waals surface area contributed by atoms with E-state index in [2.05, 4.69) is 34.2 Å². The smallest absolute Gasteiger partial charge is 0.251 e. The zero-order valence-electron chi connectivity index (χ0n) is 10.5. The van der Waals surface area contributed by atoms with Gasteiger partial charge < -0.3 is 11.1 Å². The molecule has 0 heterocycles. The minimum Gasteiger partial charge on any atom is -0.399 e. The summed E-state index contributed by atoms with van der Waals surface area (Å²) in [6.45, 7) is 0.735. The number of thioether (sulfide) groups is 1. The Kier molecular flexibility index (Phi) is 7.50. The second-order valence-corrected chi connectivity index (χ2v) is 6.31. The molecule has 0 atom stereocenters. The molecule has 0 aliphatic heterocycles. The van der Waals surface area contributed by atoms with Crippen LogP contribution in [0.5, 0.6) is 0 Å². The minimum absolute atomic E-state index is 0.0370. The summed E-state index contributed by atoms with van der Waals surface area (Å²) in [5, 5.41) is 2.93. The van der Waals surface area contributed by atoms with Gasteiger partial charge in [-0.3, -0.25) is 4.79 Å². The first-order valence-corrected chi connectivity index (χ1v) is 8.44. The molecule has 0 fully saturated rings. The Morgan fingerprint density at radius 1 is 1.33 bits per heavy atom. The van der Waals surface area contributed by atoms with Crippen molar-refractivity contribution in [3.05, 3.63) is 27.3 Å². The van der Waals surface area contributed by atoms with E-state index < -0.39 is 0 Å². The van der Waals surface area contributed by atoms with Crippen molar-refractivity contribution in [2.45, 2.75) is 19.3 Å². The number of rotatable bonds is 7. The van der Waals surface area contributed by atoms with Crippen LogP contribution in [0.15, 0.2) is 18.2 Å². The van der Waals surface area contributed by atoms with E-state index in [9.17, 15) is 4.79 Å². The second-order valence-electron chi connectivity index (χ2n) is 4.08. The maximum atomic E-state index is 11.9. The van der Waals surface area contributed by atoms with Gasteiger partial charge in [-0.2, -0.15) is 11.8 Å². The van der Waals surface area contributed by atoms with Crippen molar-refractivity contribution in [3.8, 4) is 0 Å². The number of nitrogens with two attached hydrogens (primary N) is 1. The molecule has 100 valence electrons. The van der Waals surface area contributed by atoms with Crippen LogP contribution >= 0.6 is 34.4 Å². The Balaban J connectivity index is 2.32. The summed E-state index contributed by atoms with van der Waals surface area (Å²) in [6, 6.07) is 5.41. The van der Waals surface area contributed by atoms with Crippen LogP contribution in [-0.2, 0) is 0 Å². The molecule has 1 aromatic carbocycles. The van der Waals surface area contributed by atoms with E-state index in [1.54, 1.807) is 6.07 Å². The SMILES string of the molecule is CSCCCCCNC(=O)c1cc(N)cc(I)c1. The number of nitrogen functional groups attached to an aromatic ring is 1. The molecule has 1 rings (SSSR count). The number of halogens is 1. The number of nitrogens with one attached hydrogen (secondary N) is 1. The van der Waals surface area contributed by atoms with Gasteiger partial charge in [-0.1, -0.05) is 6.42 Å². The molecule has 3 N–H and O–H groups in total. The third kappa shape index (κ3) is 5.95. The number of unbranched alkanes of at least 4 members (excludes halogenated alkanes) is 2. The van der Waals surface area contributed by atoms with Gasteiger partial charge in [0.1, 0.15) is 0 Å². The van der Waals surface area contributed by atoms with Gasteiger partial charge in [0, 0.05) is 21.4 Å². The summed E-state index contributed by atoms with van der Waals surface area (Å²) in [5.74, 6) is 1.16. The van der Waals surface area contributed by atoms with Gasteiger partial charge in [0.2, 0.25) is 0 Å². The van der Waals surface area contributed by atoms with Crippen LogP contribution in [0.25, 0.3) is 0 Å². The molecule has 0 aromatic heterocycles. The van der Waals surface area contributed by atoms with Gasteiger partial charge in [-0.25, -0.2) is 0 Å². The molecule has 18 heavy (non-hydrogen) atoms. The summed E-state index contributed by atoms with van der Waals surface area (Å²) in [5.41, 5.74) is 6.99. The average molecular weight is 378 g/mol. The maximum absolute atomic E-state index is 11.9. The highest BCUT2D eigenvalue weighted by atomic mass is 127. The summed E-state index contributed by atoms with van der Waals surface area (Å²) >= 11 is 4.03. The zero-order valence-corrected chi connectivity index (χ0v) is 13.5. The molecular formula is C13H19IN2OS. The lowest BCUT2D eigenvalue weighted by Crippen LogP contribution is -2.24. The van der Waals surface area contributed by atoms with Gasteiger partial charge in [0.15, 0.2) is 0 Å². The van der Waals surface area contributed by atoms with Crippen molar-refractivity contribution in [1.29, 1.82) is 0 Å². The third-order valence-corrected chi connectivity index (χ3v) is 3.81. The number of amides is 1. The number of carbonyl (C=O) groups excluding carboxylic acids is 1. The predicted octanol–water partition coefficient (Wildman–Crippen LogP) is 3.14. The summed E-state index contributed by atoms with van der Waals surface area (Å²) < 4.78 is 0.984. The fourth-order valence-corrected chi connectivity index (χ4v) is 2.78. The lowest BCUT2D eigenvalue weighted by atomic mass is 10.2. The number of anilines is 1. The summed E-state index contributed by atoms with van der Waals surface area (Å²) in [4.78, 5) is 11.9. The van der Waals surface area contributed by atoms with Gasteiger partial charge in [-0.05, 0) is 65.6 Å². The van der Waals surface area contributed by atoms with E-state index in [1.807, 2.05) is 23.9 Å². The van der Waals surface area contributed by atoms with Crippen molar-refractivity contribution >= 4 is 45.9 Å². The van der Waals surface area contributed by atoms with E-state index in [0.717, 1.165) is 23.0 Å². The molecule has 0 unspecified atom stereocenters. The van der Waals surface area contributed by atoms with Gasteiger partial charge in [-0.15, -0.1) is 0 Å². The van der Waals surface area contributed by atoms with E-state index in [-0.39, 0.29) is 5.91 Å². The molecule has 0 spiro atoms. The molecule has 0 bridgehead atoms. The van der Waals surface area contributed by atoms with Crippen LogP contribution in [-0.4, -0.2) is 24.5 Å². The fourth-order valence-electron chi connectivity index (χ4n) is 1.60. The quantitative estimate of drug-likeness (QED) is 0.436. The zero-order chi connectivity index (χ0) is 13.4. The van der Waals surface area contributed by atoms with E-state index >= 15 is 0 Å². The minimum atomic E-state index is -0.0370. The topological polar surface area (TPSA) is 55.1 Å². The summed E-state index contributed by atoms with van der Waals surface area (Å²) in [7, 11) is 0. The molecule has 5 heteroatoms. The Bertz CT molecular complexity index is 378.